The van der Waals surface area contributed by atoms with Crippen molar-refractivity contribution in [2.75, 3.05) is 79.3 Å². The molecule has 7 nitrogen and oxygen atoms in total. The summed E-state index contributed by atoms with van der Waals surface area (Å²) in [6.45, 7) is 21.4. The molecule has 4 aliphatic carbocycles. The van der Waals surface area contributed by atoms with Crippen LogP contribution in [0.3, 0.4) is 0 Å². The van der Waals surface area contributed by atoms with Crippen LogP contribution in [0.15, 0.2) is 0 Å². The lowest BCUT2D eigenvalue weighted by Crippen LogP contribution is -2.54. The van der Waals surface area contributed by atoms with Crippen molar-refractivity contribution in [2.24, 2.45) is 58.2 Å². The summed E-state index contributed by atoms with van der Waals surface area (Å²) in [4.78, 5) is 0. The van der Waals surface area contributed by atoms with Crippen molar-refractivity contribution in [2.45, 2.75) is 125 Å². The highest BCUT2D eigenvalue weighted by Crippen LogP contribution is 2.68. The van der Waals surface area contributed by atoms with E-state index in [4.69, 9.17) is 33.5 Å². The smallest absolute Gasteiger partial charge is 0.0704 e. The van der Waals surface area contributed by atoms with Crippen molar-refractivity contribution in [1.29, 1.82) is 0 Å². The minimum atomic E-state index is 0.0434. The van der Waals surface area contributed by atoms with Gasteiger partial charge in [0.1, 0.15) is 0 Å². The number of hydrogen-bond donors (Lipinski definition) is 1. The fourth-order valence-electron chi connectivity index (χ4n) is 11.4. The van der Waals surface area contributed by atoms with Crippen LogP contribution >= 0.6 is 0 Å². The Balaban J connectivity index is 1.07. The summed E-state index contributed by atoms with van der Waals surface area (Å²) >= 11 is 0. The number of hydrogen-bond acceptors (Lipinski definition) is 7. The molecule has 7 heteroatoms. The Hall–Kier alpha value is -0.280. The third-order valence-corrected chi connectivity index (χ3v) is 14.1. The molecule has 0 spiro atoms. The van der Waals surface area contributed by atoms with Gasteiger partial charge in [-0.15, -0.1) is 0 Å². The summed E-state index contributed by atoms with van der Waals surface area (Å²) in [5, 5.41) is 8.65. The van der Waals surface area contributed by atoms with Crippen molar-refractivity contribution in [1.82, 2.24) is 0 Å². The molecule has 10 atom stereocenters. The Labute approximate surface area is 295 Å². The molecular formula is C41H76O7. The second-order valence-corrected chi connectivity index (χ2v) is 16.9. The monoisotopic (exact) mass is 681 g/mol. The lowest BCUT2D eigenvalue weighted by Gasteiger charge is -2.61. The van der Waals surface area contributed by atoms with Crippen LogP contribution in [0.5, 0.6) is 0 Å². The Kier molecular flexibility index (Phi) is 17.4. The van der Waals surface area contributed by atoms with Crippen LogP contribution in [-0.4, -0.2) is 90.5 Å². The summed E-state index contributed by atoms with van der Waals surface area (Å²) in [5.74, 6) is 7.23. The molecule has 0 aromatic carbocycles. The van der Waals surface area contributed by atoms with Crippen LogP contribution in [0.25, 0.3) is 0 Å². The van der Waals surface area contributed by atoms with Gasteiger partial charge in [-0.2, -0.15) is 0 Å². The topological polar surface area (TPSA) is 75.6 Å². The molecule has 0 amide bonds. The number of ether oxygens (including phenoxy) is 6. The molecule has 4 fully saturated rings. The van der Waals surface area contributed by atoms with Gasteiger partial charge in [-0.05, 0) is 122 Å². The van der Waals surface area contributed by atoms with Gasteiger partial charge >= 0.3 is 0 Å². The zero-order valence-corrected chi connectivity index (χ0v) is 32.1. The SMILES string of the molecule is CC[C@H](CC[C@@H](C)[C@H]1CC[C@H]2[C@@H]3CC[C@H]4C[C@@H](OCCOCCOCCOCCOCCOCCO)CC[C@]4(C)[C@H]3CC[C@]12C)C(C)C. The molecular weight excluding hydrogens is 604 g/mol. The quantitative estimate of drug-likeness (QED) is 0.103. The van der Waals surface area contributed by atoms with E-state index < -0.39 is 0 Å². The second-order valence-electron chi connectivity index (χ2n) is 16.9. The molecule has 0 radical (unpaired) electrons. The van der Waals surface area contributed by atoms with Crippen molar-refractivity contribution in [3.8, 4) is 0 Å². The molecule has 282 valence electrons. The van der Waals surface area contributed by atoms with Gasteiger partial charge in [0.05, 0.1) is 85.4 Å². The van der Waals surface area contributed by atoms with E-state index in [0.717, 1.165) is 47.3 Å². The van der Waals surface area contributed by atoms with Crippen LogP contribution in [0.4, 0.5) is 0 Å². The first kappa shape index (κ1) is 40.5. The lowest BCUT2D eigenvalue weighted by molar-refractivity contribution is -0.139. The average Bonchev–Trinajstić information content (AvgIpc) is 3.43. The Morgan fingerprint density at radius 2 is 1.19 bits per heavy atom. The van der Waals surface area contributed by atoms with Crippen LogP contribution in [0.1, 0.15) is 119 Å². The standard InChI is InChI=1S/C41H76O7/c1-7-33(31(2)3)9-8-32(4)37-12-13-38-36-11-10-34-30-35(14-16-40(34,5)39(36)15-17-41(37,38)6)48-29-28-47-27-26-46-25-24-45-23-22-44-21-20-43-19-18-42/h31-39,42H,7-30H2,1-6H3/t32-,33-,34+,35+,36+,37-,38+,39+,40+,41-/m1/s1. The van der Waals surface area contributed by atoms with Crippen LogP contribution in [0.2, 0.25) is 0 Å². The summed E-state index contributed by atoms with van der Waals surface area (Å²) < 4.78 is 33.9. The van der Waals surface area contributed by atoms with Crippen molar-refractivity contribution < 1.29 is 33.5 Å². The fraction of sp³-hybridized carbons (Fsp3) is 1.00. The summed E-state index contributed by atoms with van der Waals surface area (Å²) in [5.41, 5.74) is 1.09. The maximum Gasteiger partial charge on any atom is 0.0704 e. The molecule has 1 N–H and O–H groups in total. The first-order valence-electron chi connectivity index (χ1n) is 20.4. The van der Waals surface area contributed by atoms with Crippen molar-refractivity contribution in [3.63, 3.8) is 0 Å². The van der Waals surface area contributed by atoms with Crippen LogP contribution in [-0.2, 0) is 28.4 Å². The maximum atomic E-state index is 8.65. The normalized spacial score (nSPS) is 34.5. The van der Waals surface area contributed by atoms with Gasteiger partial charge in [0, 0.05) is 0 Å². The zero-order valence-electron chi connectivity index (χ0n) is 32.1. The summed E-state index contributed by atoms with van der Waals surface area (Å²) in [6.07, 6.45) is 17.3. The largest absolute Gasteiger partial charge is 0.394 e. The van der Waals surface area contributed by atoms with Gasteiger partial charge in [0.25, 0.3) is 0 Å². The highest BCUT2D eigenvalue weighted by atomic mass is 16.6. The predicted molar refractivity (Wildman–Crippen MR) is 193 cm³/mol. The Morgan fingerprint density at radius 1 is 0.625 bits per heavy atom. The third-order valence-electron chi connectivity index (χ3n) is 14.1. The molecule has 0 aromatic heterocycles. The molecule has 0 saturated heterocycles. The van der Waals surface area contributed by atoms with Crippen molar-refractivity contribution >= 4 is 0 Å². The molecule has 0 aliphatic heterocycles. The van der Waals surface area contributed by atoms with Gasteiger partial charge in [0.2, 0.25) is 0 Å². The van der Waals surface area contributed by atoms with Gasteiger partial charge < -0.3 is 33.5 Å². The number of fused-ring (bicyclic) bond motifs is 5. The molecule has 0 bridgehead atoms. The first-order valence-corrected chi connectivity index (χ1v) is 20.4. The van der Waals surface area contributed by atoms with E-state index in [-0.39, 0.29) is 6.61 Å². The molecule has 0 heterocycles. The molecule has 0 unspecified atom stereocenters. The molecule has 4 aliphatic rings. The lowest BCUT2D eigenvalue weighted by atomic mass is 9.44. The van der Waals surface area contributed by atoms with E-state index in [0.29, 0.717) is 89.6 Å². The van der Waals surface area contributed by atoms with Gasteiger partial charge in [-0.3, -0.25) is 0 Å². The van der Waals surface area contributed by atoms with E-state index >= 15 is 0 Å². The van der Waals surface area contributed by atoms with Gasteiger partial charge in [0.15, 0.2) is 0 Å². The number of aliphatic hydroxyl groups excluding tert-OH is 1. The zero-order chi connectivity index (χ0) is 34.4. The highest BCUT2D eigenvalue weighted by Gasteiger charge is 2.60. The molecule has 0 aromatic rings. The van der Waals surface area contributed by atoms with E-state index in [1.165, 1.54) is 77.0 Å². The molecule has 4 rings (SSSR count). The molecule has 4 saturated carbocycles. The van der Waals surface area contributed by atoms with E-state index in [2.05, 4.69) is 41.5 Å². The fourth-order valence-corrected chi connectivity index (χ4v) is 11.4. The number of aliphatic hydroxyl groups is 1. The summed E-state index contributed by atoms with van der Waals surface area (Å²) in [6, 6.07) is 0. The predicted octanol–water partition coefficient (Wildman–Crippen LogP) is 8.20. The average molecular weight is 681 g/mol. The van der Waals surface area contributed by atoms with Crippen LogP contribution < -0.4 is 0 Å². The third kappa shape index (κ3) is 10.9. The van der Waals surface area contributed by atoms with Gasteiger partial charge in [-0.1, -0.05) is 54.4 Å². The minimum absolute atomic E-state index is 0.0434. The minimum Gasteiger partial charge on any atom is -0.394 e. The van der Waals surface area contributed by atoms with E-state index in [1.54, 1.807) is 0 Å². The second kappa shape index (κ2) is 20.7. The number of rotatable bonds is 24. The highest BCUT2D eigenvalue weighted by molar-refractivity contribution is 5.09. The van der Waals surface area contributed by atoms with Crippen molar-refractivity contribution in [3.05, 3.63) is 0 Å². The maximum absolute atomic E-state index is 8.65. The molecule has 48 heavy (non-hydrogen) atoms. The summed E-state index contributed by atoms with van der Waals surface area (Å²) in [7, 11) is 0. The first-order chi connectivity index (χ1) is 23.2. The van der Waals surface area contributed by atoms with Gasteiger partial charge in [-0.25, -0.2) is 0 Å². The van der Waals surface area contributed by atoms with Crippen LogP contribution in [0, 0.1) is 58.2 Å². The Morgan fingerprint density at radius 3 is 1.77 bits per heavy atom. The van der Waals surface area contributed by atoms with E-state index in [9.17, 15) is 0 Å². The Bertz CT molecular complexity index is 870. The van der Waals surface area contributed by atoms with E-state index in [1.807, 2.05) is 0 Å².